The number of anilines is 1. The highest BCUT2D eigenvalue weighted by Crippen LogP contribution is 2.25. The highest BCUT2D eigenvalue weighted by molar-refractivity contribution is 5.79. The molecule has 154 valence electrons. The lowest BCUT2D eigenvalue weighted by molar-refractivity contribution is -0.126. The summed E-state index contributed by atoms with van der Waals surface area (Å²) in [4.78, 5) is 24.2. The van der Waals surface area contributed by atoms with Crippen molar-refractivity contribution in [2.75, 3.05) is 18.0 Å². The van der Waals surface area contributed by atoms with Gasteiger partial charge in [-0.25, -0.2) is 9.97 Å². The molecule has 0 spiro atoms. The molecule has 1 amide bonds. The summed E-state index contributed by atoms with van der Waals surface area (Å²) in [7, 11) is 0. The molecule has 0 saturated carbocycles. The second-order valence-corrected chi connectivity index (χ2v) is 8.01. The molecule has 0 radical (unpaired) electrons. The summed E-state index contributed by atoms with van der Waals surface area (Å²) in [5.74, 6) is 1.86. The molecule has 1 fully saturated rings. The maximum atomic E-state index is 12.8. The molecule has 2 heterocycles. The predicted octanol–water partition coefficient (Wildman–Crippen LogP) is 4.55. The number of aromatic nitrogens is 2. The third-order valence-electron chi connectivity index (χ3n) is 5.80. The quantitative estimate of drug-likeness (QED) is 0.683. The third kappa shape index (κ3) is 4.67. The first-order chi connectivity index (χ1) is 14.6. The van der Waals surface area contributed by atoms with Gasteiger partial charge in [-0.05, 0) is 38.3 Å². The summed E-state index contributed by atoms with van der Waals surface area (Å²) in [5.41, 5.74) is 3.38. The van der Waals surface area contributed by atoms with Crippen molar-refractivity contribution in [3.05, 3.63) is 78.0 Å². The molecule has 4 rings (SSSR count). The predicted molar refractivity (Wildman–Crippen MR) is 120 cm³/mol. The second-order valence-electron chi connectivity index (χ2n) is 8.01. The molecule has 0 bridgehead atoms. The van der Waals surface area contributed by atoms with Gasteiger partial charge in [-0.15, -0.1) is 0 Å². The molecule has 1 aliphatic heterocycles. The average Bonchev–Trinajstić information content (AvgIpc) is 2.80. The first-order valence-electron chi connectivity index (χ1n) is 10.6. The molecule has 3 aromatic rings. The van der Waals surface area contributed by atoms with Crippen LogP contribution in [0, 0.1) is 12.8 Å². The molecular formula is C25H28N4O. The minimum atomic E-state index is 0.0198. The van der Waals surface area contributed by atoms with Gasteiger partial charge in [0.2, 0.25) is 5.91 Å². The minimum Gasteiger partial charge on any atom is -0.356 e. The maximum absolute atomic E-state index is 12.8. The van der Waals surface area contributed by atoms with Gasteiger partial charge in [0.25, 0.3) is 0 Å². The molecule has 1 aromatic heterocycles. The van der Waals surface area contributed by atoms with Crippen LogP contribution in [0.1, 0.15) is 36.9 Å². The van der Waals surface area contributed by atoms with Crippen molar-refractivity contribution in [2.45, 2.75) is 32.7 Å². The van der Waals surface area contributed by atoms with Crippen molar-refractivity contribution in [1.82, 2.24) is 15.3 Å². The van der Waals surface area contributed by atoms with E-state index in [9.17, 15) is 4.79 Å². The molecular weight excluding hydrogens is 372 g/mol. The van der Waals surface area contributed by atoms with Crippen molar-refractivity contribution >= 4 is 11.7 Å². The molecule has 1 saturated heterocycles. The van der Waals surface area contributed by atoms with E-state index in [1.807, 2.05) is 49.5 Å². The Kier molecular flexibility index (Phi) is 6.07. The summed E-state index contributed by atoms with van der Waals surface area (Å²) in [5, 5.41) is 3.19. The number of rotatable bonds is 5. The van der Waals surface area contributed by atoms with E-state index in [1.54, 1.807) is 0 Å². The van der Waals surface area contributed by atoms with Crippen molar-refractivity contribution in [3.63, 3.8) is 0 Å². The van der Waals surface area contributed by atoms with E-state index in [1.165, 1.54) is 5.56 Å². The first kappa shape index (κ1) is 20.1. The summed E-state index contributed by atoms with van der Waals surface area (Å²) in [6, 6.07) is 20.3. The molecule has 1 atom stereocenters. The minimum absolute atomic E-state index is 0.0198. The molecule has 1 N–H and O–H groups in total. The van der Waals surface area contributed by atoms with Crippen LogP contribution in [0.3, 0.4) is 0 Å². The molecule has 0 unspecified atom stereocenters. The van der Waals surface area contributed by atoms with Crippen LogP contribution in [-0.2, 0) is 4.79 Å². The monoisotopic (exact) mass is 400 g/mol. The van der Waals surface area contributed by atoms with Crippen LogP contribution in [0.5, 0.6) is 0 Å². The lowest BCUT2D eigenvalue weighted by atomic mass is 9.95. The smallest absolute Gasteiger partial charge is 0.223 e. The van der Waals surface area contributed by atoms with Gasteiger partial charge in [0, 0.05) is 30.8 Å². The van der Waals surface area contributed by atoms with Crippen molar-refractivity contribution < 1.29 is 4.79 Å². The Morgan fingerprint density at radius 1 is 1.03 bits per heavy atom. The average molecular weight is 401 g/mol. The van der Waals surface area contributed by atoms with Gasteiger partial charge >= 0.3 is 0 Å². The number of nitrogens with one attached hydrogen (secondary N) is 1. The van der Waals surface area contributed by atoms with Crippen molar-refractivity contribution in [3.8, 4) is 11.4 Å². The van der Waals surface area contributed by atoms with Crippen LogP contribution >= 0.6 is 0 Å². The summed E-state index contributed by atoms with van der Waals surface area (Å²) in [6.07, 6.45) is 3.47. The van der Waals surface area contributed by atoms with Crippen LogP contribution in [0.4, 0.5) is 5.82 Å². The van der Waals surface area contributed by atoms with Gasteiger partial charge in [0.05, 0.1) is 6.04 Å². The Balaban J connectivity index is 1.35. The Bertz CT molecular complexity index is 980. The molecule has 5 nitrogen and oxygen atoms in total. The molecule has 1 aliphatic rings. The number of benzene rings is 2. The number of hydrogen-bond acceptors (Lipinski definition) is 4. The van der Waals surface area contributed by atoms with E-state index in [0.717, 1.165) is 48.7 Å². The normalized spacial score (nSPS) is 15.6. The Morgan fingerprint density at radius 2 is 1.73 bits per heavy atom. The van der Waals surface area contributed by atoms with Crippen molar-refractivity contribution in [1.29, 1.82) is 0 Å². The molecule has 5 heteroatoms. The van der Waals surface area contributed by atoms with E-state index < -0.39 is 0 Å². The molecule has 2 aromatic carbocycles. The van der Waals surface area contributed by atoms with Gasteiger partial charge in [-0.1, -0.05) is 60.2 Å². The summed E-state index contributed by atoms with van der Waals surface area (Å²) < 4.78 is 0. The van der Waals surface area contributed by atoms with Gasteiger partial charge in [0.1, 0.15) is 5.82 Å². The lowest BCUT2D eigenvalue weighted by Gasteiger charge is -2.32. The lowest BCUT2D eigenvalue weighted by Crippen LogP contribution is -2.41. The van der Waals surface area contributed by atoms with Crippen LogP contribution in [0.25, 0.3) is 11.4 Å². The van der Waals surface area contributed by atoms with Crippen molar-refractivity contribution in [2.24, 2.45) is 5.92 Å². The zero-order chi connectivity index (χ0) is 20.9. The van der Waals surface area contributed by atoms with E-state index in [0.29, 0.717) is 0 Å². The fourth-order valence-electron chi connectivity index (χ4n) is 3.89. The fraction of sp³-hybridized carbons (Fsp3) is 0.320. The fourth-order valence-corrected chi connectivity index (χ4v) is 3.89. The van der Waals surface area contributed by atoms with Crippen LogP contribution in [0.2, 0.25) is 0 Å². The standard InChI is InChI=1S/C25H28N4O/c1-18-8-10-20(11-9-18)19(2)27-25(30)22-13-16-29(17-14-22)23-12-15-26-24(28-23)21-6-4-3-5-7-21/h3-12,15,19,22H,13-14,16-17H2,1-2H3,(H,27,30)/t19-/m0/s1. The summed E-state index contributed by atoms with van der Waals surface area (Å²) in [6.45, 7) is 5.76. The van der Waals surface area contributed by atoms with Gasteiger partial charge in [-0.3, -0.25) is 4.79 Å². The number of hydrogen-bond donors (Lipinski definition) is 1. The third-order valence-corrected chi connectivity index (χ3v) is 5.80. The number of amides is 1. The van der Waals surface area contributed by atoms with E-state index >= 15 is 0 Å². The van der Waals surface area contributed by atoms with E-state index in [-0.39, 0.29) is 17.9 Å². The Labute approximate surface area is 178 Å². The number of carbonyl (C=O) groups excluding carboxylic acids is 1. The van der Waals surface area contributed by atoms with Crippen LogP contribution < -0.4 is 10.2 Å². The topological polar surface area (TPSA) is 58.1 Å². The van der Waals surface area contributed by atoms with E-state index in [2.05, 4.69) is 46.4 Å². The zero-order valence-corrected chi connectivity index (χ0v) is 17.6. The number of piperidine rings is 1. The van der Waals surface area contributed by atoms with Crippen LogP contribution in [-0.4, -0.2) is 29.0 Å². The number of aryl methyl sites for hydroxylation is 1. The van der Waals surface area contributed by atoms with E-state index in [4.69, 9.17) is 4.98 Å². The Morgan fingerprint density at radius 3 is 2.43 bits per heavy atom. The van der Waals surface area contributed by atoms with Crippen LogP contribution in [0.15, 0.2) is 66.9 Å². The second kappa shape index (κ2) is 9.08. The number of carbonyl (C=O) groups is 1. The Hall–Kier alpha value is -3.21. The zero-order valence-electron chi connectivity index (χ0n) is 17.6. The summed E-state index contributed by atoms with van der Waals surface area (Å²) >= 11 is 0. The first-order valence-corrected chi connectivity index (χ1v) is 10.6. The van der Waals surface area contributed by atoms with Gasteiger partial charge in [-0.2, -0.15) is 0 Å². The molecule has 0 aliphatic carbocycles. The largest absolute Gasteiger partial charge is 0.356 e. The highest BCUT2D eigenvalue weighted by Gasteiger charge is 2.26. The molecule has 30 heavy (non-hydrogen) atoms. The highest BCUT2D eigenvalue weighted by atomic mass is 16.1. The number of nitrogens with zero attached hydrogens (tertiary/aromatic N) is 3. The van der Waals surface area contributed by atoms with Gasteiger partial charge in [0.15, 0.2) is 5.82 Å². The maximum Gasteiger partial charge on any atom is 0.223 e. The SMILES string of the molecule is Cc1ccc([C@H](C)NC(=O)C2CCN(c3ccnc(-c4ccccc4)n3)CC2)cc1. The van der Waals surface area contributed by atoms with Gasteiger partial charge < -0.3 is 10.2 Å².